The van der Waals surface area contributed by atoms with Crippen molar-refractivity contribution in [3.8, 4) is 0 Å². The number of hydrogen-bond acceptors (Lipinski definition) is 10. The van der Waals surface area contributed by atoms with Crippen molar-refractivity contribution >= 4 is 31.8 Å². The zero-order valence-electron chi connectivity index (χ0n) is 12.7. The van der Waals surface area contributed by atoms with E-state index in [0.717, 1.165) is 36.4 Å². The second-order valence-electron chi connectivity index (χ2n) is 5.17. The first-order valence-corrected chi connectivity index (χ1v) is 9.58. The third-order valence-electron chi connectivity index (χ3n) is 3.79. The Kier molecular flexibility index (Phi) is 4.26. The lowest BCUT2D eigenvalue weighted by atomic mass is 9.84. The van der Waals surface area contributed by atoms with Gasteiger partial charge in [0, 0.05) is 22.3 Å². The zero-order valence-corrected chi connectivity index (χ0v) is 14.3. The minimum atomic E-state index is -4.30. The van der Waals surface area contributed by atoms with E-state index in [9.17, 15) is 26.4 Å². The average molecular weight is 398 g/mol. The molecule has 0 aliphatic heterocycles. The Balaban J connectivity index is 2.22. The molecule has 0 unspecified atom stereocenters. The van der Waals surface area contributed by atoms with Gasteiger partial charge in [0.1, 0.15) is 0 Å². The normalized spacial score (nSPS) is 14.1. The largest absolute Gasteiger partial charge is 0.312 e. The highest BCUT2D eigenvalue weighted by Gasteiger charge is 2.32. The van der Waals surface area contributed by atoms with Gasteiger partial charge in [-0.15, -0.1) is 0 Å². The van der Waals surface area contributed by atoms with Gasteiger partial charge < -0.3 is 0 Å². The summed E-state index contributed by atoms with van der Waals surface area (Å²) in [6.07, 6.45) is 0. The molecule has 3 rings (SSSR count). The molecule has 1 aliphatic carbocycles. The van der Waals surface area contributed by atoms with E-state index in [-0.39, 0.29) is 22.3 Å². The first-order valence-electron chi connectivity index (χ1n) is 6.76. The van der Waals surface area contributed by atoms with Crippen LogP contribution in [-0.2, 0) is 28.8 Å². The van der Waals surface area contributed by atoms with Gasteiger partial charge in [0.15, 0.2) is 11.6 Å². The molecule has 2 aromatic rings. The molecule has 0 atom stereocenters. The third-order valence-corrected chi connectivity index (χ3v) is 5.96. The second kappa shape index (κ2) is 6.05. The molecular weight excluding hydrogens is 388 g/mol. The SMILES string of the molecule is NOS(=O)(=O)c1ccc2c(c1)C(=O)c1cc(S(=O)(=O)ON)ccc1C2=O. The summed E-state index contributed by atoms with van der Waals surface area (Å²) in [4.78, 5) is 24.4. The molecule has 0 radical (unpaired) electrons. The van der Waals surface area contributed by atoms with Gasteiger partial charge in [-0.1, -0.05) is 0 Å². The molecule has 0 amide bonds. The Labute approximate surface area is 147 Å². The van der Waals surface area contributed by atoms with Gasteiger partial charge in [0.05, 0.1) is 9.79 Å². The fourth-order valence-corrected chi connectivity index (χ4v) is 3.75. The zero-order chi connectivity index (χ0) is 19.3. The summed E-state index contributed by atoms with van der Waals surface area (Å²) in [7, 11) is -8.61. The quantitative estimate of drug-likeness (QED) is 0.551. The van der Waals surface area contributed by atoms with Crippen LogP contribution in [0, 0.1) is 0 Å². The van der Waals surface area contributed by atoms with Crippen molar-refractivity contribution in [2.24, 2.45) is 11.8 Å². The van der Waals surface area contributed by atoms with E-state index in [1.807, 2.05) is 0 Å². The Hall–Kier alpha value is -2.48. The van der Waals surface area contributed by atoms with E-state index in [2.05, 4.69) is 8.57 Å². The van der Waals surface area contributed by atoms with E-state index in [1.165, 1.54) is 0 Å². The molecule has 0 fully saturated rings. The van der Waals surface area contributed by atoms with E-state index < -0.39 is 41.6 Å². The lowest BCUT2D eigenvalue weighted by Gasteiger charge is -2.18. The van der Waals surface area contributed by atoms with Gasteiger partial charge in [-0.3, -0.25) is 9.59 Å². The number of carbonyl (C=O) groups excluding carboxylic acids is 2. The topological polar surface area (TPSA) is 173 Å². The van der Waals surface area contributed by atoms with Crippen LogP contribution in [0.3, 0.4) is 0 Å². The minimum absolute atomic E-state index is 0.0378. The Bertz CT molecular complexity index is 1080. The van der Waals surface area contributed by atoms with Gasteiger partial charge in [-0.2, -0.15) is 37.2 Å². The maximum absolute atomic E-state index is 12.7. The first-order chi connectivity index (χ1) is 12.1. The minimum Gasteiger partial charge on any atom is -0.289 e. The van der Waals surface area contributed by atoms with Crippen LogP contribution in [-0.4, -0.2) is 28.4 Å². The highest BCUT2D eigenvalue weighted by molar-refractivity contribution is 7.87. The van der Waals surface area contributed by atoms with Crippen LogP contribution >= 0.6 is 0 Å². The van der Waals surface area contributed by atoms with Crippen LogP contribution in [0.1, 0.15) is 31.8 Å². The standard InChI is InChI=1S/C14H10N2O8S2/c15-23-25(19,20)7-1-3-9-11(5-7)14(18)12-6-8(26(21,22)24-16)2-4-10(12)13(9)17/h1-6H,15-16H2. The molecule has 10 nitrogen and oxygen atoms in total. The molecule has 4 N–H and O–H groups in total. The summed E-state index contributed by atoms with van der Waals surface area (Å²) >= 11 is 0. The van der Waals surface area contributed by atoms with Crippen LogP contribution in [0.15, 0.2) is 46.2 Å². The molecule has 0 saturated heterocycles. The van der Waals surface area contributed by atoms with Gasteiger partial charge in [0.2, 0.25) is 0 Å². The molecule has 2 aromatic carbocycles. The summed E-state index contributed by atoms with van der Waals surface area (Å²) < 4.78 is 54.5. The summed E-state index contributed by atoms with van der Waals surface area (Å²) in [5.41, 5.74) is -0.541. The average Bonchev–Trinajstić information content (AvgIpc) is 2.65. The summed E-state index contributed by atoms with van der Waals surface area (Å²) in [6.45, 7) is 0. The highest BCUT2D eigenvalue weighted by atomic mass is 32.2. The van der Waals surface area contributed by atoms with Crippen molar-refractivity contribution in [1.29, 1.82) is 0 Å². The van der Waals surface area contributed by atoms with Crippen molar-refractivity contribution in [1.82, 2.24) is 0 Å². The van der Waals surface area contributed by atoms with E-state index in [4.69, 9.17) is 11.8 Å². The summed E-state index contributed by atoms with van der Waals surface area (Å²) in [5, 5.41) is 0. The van der Waals surface area contributed by atoms with Gasteiger partial charge in [-0.25, -0.2) is 0 Å². The number of rotatable bonds is 4. The number of carbonyl (C=O) groups is 2. The van der Waals surface area contributed by atoms with Crippen molar-refractivity contribution in [2.75, 3.05) is 0 Å². The van der Waals surface area contributed by atoms with Crippen LogP contribution in [0.2, 0.25) is 0 Å². The lowest BCUT2D eigenvalue weighted by Crippen LogP contribution is -2.23. The summed E-state index contributed by atoms with van der Waals surface area (Å²) in [5.74, 6) is 8.08. The number of hydrogen-bond donors (Lipinski definition) is 2. The fourth-order valence-electron chi connectivity index (χ4n) is 2.53. The molecule has 26 heavy (non-hydrogen) atoms. The monoisotopic (exact) mass is 398 g/mol. The van der Waals surface area contributed by atoms with E-state index in [0.29, 0.717) is 0 Å². The molecule has 0 bridgehead atoms. The van der Waals surface area contributed by atoms with E-state index in [1.54, 1.807) is 0 Å². The maximum atomic E-state index is 12.7. The number of benzene rings is 2. The van der Waals surface area contributed by atoms with Crippen LogP contribution in [0.4, 0.5) is 0 Å². The number of nitrogens with two attached hydrogens (primary N) is 2. The third kappa shape index (κ3) is 2.74. The second-order valence-corrected chi connectivity index (χ2v) is 8.32. The van der Waals surface area contributed by atoms with Gasteiger partial charge in [-0.05, 0) is 36.4 Å². The molecule has 12 heteroatoms. The van der Waals surface area contributed by atoms with Crippen molar-refractivity contribution < 1.29 is 35.0 Å². The predicted molar refractivity (Wildman–Crippen MR) is 84.7 cm³/mol. The Morgan fingerprint density at radius 1 is 0.615 bits per heavy atom. The van der Waals surface area contributed by atoms with Crippen LogP contribution < -0.4 is 11.8 Å². The molecule has 136 valence electrons. The summed E-state index contributed by atoms with van der Waals surface area (Å²) in [6, 6.07) is 6.30. The van der Waals surface area contributed by atoms with Crippen LogP contribution in [0.25, 0.3) is 0 Å². The fraction of sp³-hybridized carbons (Fsp3) is 0. The number of ketones is 2. The number of fused-ring (bicyclic) bond motifs is 2. The van der Waals surface area contributed by atoms with Gasteiger partial charge in [0.25, 0.3) is 0 Å². The van der Waals surface area contributed by atoms with Gasteiger partial charge >= 0.3 is 20.2 Å². The first kappa shape index (κ1) is 18.3. The van der Waals surface area contributed by atoms with Crippen molar-refractivity contribution in [2.45, 2.75) is 9.79 Å². The molecule has 0 saturated carbocycles. The molecule has 0 heterocycles. The predicted octanol–water partition coefficient (Wildman–Crippen LogP) is -0.380. The highest BCUT2D eigenvalue weighted by Crippen LogP contribution is 2.31. The Morgan fingerprint density at radius 2 is 0.962 bits per heavy atom. The van der Waals surface area contributed by atoms with Crippen LogP contribution in [0.5, 0.6) is 0 Å². The van der Waals surface area contributed by atoms with Crippen molar-refractivity contribution in [3.05, 3.63) is 58.7 Å². The molecular formula is C14H10N2O8S2. The lowest BCUT2D eigenvalue weighted by molar-refractivity contribution is 0.0978. The smallest absolute Gasteiger partial charge is 0.289 e. The van der Waals surface area contributed by atoms with Crippen molar-refractivity contribution in [3.63, 3.8) is 0 Å². The molecule has 0 aromatic heterocycles. The molecule has 0 spiro atoms. The Morgan fingerprint density at radius 3 is 1.31 bits per heavy atom. The maximum Gasteiger partial charge on any atom is 0.312 e. The molecule has 1 aliphatic rings. The van der Waals surface area contributed by atoms with E-state index >= 15 is 0 Å².